The third kappa shape index (κ3) is 3.33. The van der Waals surface area contributed by atoms with Gasteiger partial charge in [0.2, 0.25) is 0 Å². The van der Waals surface area contributed by atoms with Crippen molar-refractivity contribution in [2.75, 3.05) is 7.11 Å². The summed E-state index contributed by atoms with van der Waals surface area (Å²) in [5.41, 5.74) is -0.338. The number of methoxy groups -OCH3 is 1. The number of hydrogen-bond donors (Lipinski definition) is 1. The zero-order valence-corrected chi connectivity index (χ0v) is 14.2. The molecule has 0 aliphatic heterocycles. The summed E-state index contributed by atoms with van der Waals surface area (Å²) in [5.74, 6) is 0.0279. The van der Waals surface area contributed by atoms with Gasteiger partial charge in [0.05, 0.1) is 7.11 Å². The van der Waals surface area contributed by atoms with E-state index >= 15 is 0 Å². The first kappa shape index (κ1) is 16.3. The molecule has 1 amide bonds. The largest absolute Gasteiger partial charge is 0.493 e. The van der Waals surface area contributed by atoms with Gasteiger partial charge in [-0.1, -0.05) is 18.2 Å². The van der Waals surface area contributed by atoms with Gasteiger partial charge >= 0.3 is 5.63 Å². The van der Waals surface area contributed by atoms with E-state index in [-0.39, 0.29) is 11.6 Å². The predicted octanol–water partition coefficient (Wildman–Crippen LogP) is 3.22. The molecule has 2 heterocycles. The fourth-order valence-electron chi connectivity index (χ4n) is 2.52. The average molecular weight is 343 g/mol. The Morgan fingerprint density at radius 2 is 2.17 bits per heavy atom. The second-order valence-corrected chi connectivity index (χ2v) is 6.52. The highest BCUT2D eigenvalue weighted by Gasteiger charge is 2.17. The second kappa shape index (κ2) is 6.88. The predicted molar refractivity (Wildman–Crippen MR) is 94.0 cm³/mol. The lowest BCUT2D eigenvalue weighted by atomic mass is 10.1. The van der Waals surface area contributed by atoms with Crippen molar-refractivity contribution in [3.8, 4) is 5.75 Å². The first-order valence-electron chi connectivity index (χ1n) is 7.52. The number of benzene rings is 1. The maximum Gasteiger partial charge on any atom is 0.349 e. The zero-order chi connectivity index (χ0) is 17.1. The van der Waals surface area contributed by atoms with Crippen LogP contribution in [0.25, 0.3) is 11.0 Å². The SMILES string of the molecule is COc1cccc2cc(C(=O)NC(C)Cc3cccs3)c(=O)oc12. The lowest BCUT2D eigenvalue weighted by Gasteiger charge is -2.13. The van der Waals surface area contributed by atoms with E-state index in [1.54, 1.807) is 29.5 Å². The van der Waals surface area contributed by atoms with Crippen molar-refractivity contribution in [1.29, 1.82) is 0 Å². The van der Waals surface area contributed by atoms with Gasteiger partial charge in [0.25, 0.3) is 5.91 Å². The van der Waals surface area contributed by atoms with Crippen LogP contribution in [-0.2, 0) is 6.42 Å². The smallest absolute Gasteiger partial charge is 0.349 e. The van der Waals surface area contributed by atoms with E-state index in [0.717, 1.165) is 6.42 Å². The normalized spacial score (nSPS) is 12.1. The number of rotatable bonds is 5. The van der Waals surface area contributed by atoms with Crippen molar-refractivity contribution in [3.05, 3.63) is 62.6 Å². The van der Waals surface area contributed by atoms with E-state index in [2.05, 4.69) is 5.32 Å². The minimum atomic E-state index is -0.673. The lowest BCUT2D eigenvalue weighted by Crippen LogP contribution is -2.36. The molecule has 1 aromatic carbocycles. The van der Waals surface area contributed by atoms with Crippen molar-refractivity contribution in [3.63, 3.8) is 0 Å². The van der Waals surface area contributed by atoms with Gasteiger partial charge in [0.1, 0.15) is 5.56 Å². The standard InChI is InChI=1S/C18H17NO4S/c1-11(9-13-6-4-8-24-13)19-17(20)14-10-12-5-3-7-15(22-2)16(12)23-18(14)21/h3-8,10-11H,9H2,1-2H3,(H,19,20). The van der Waals surface area contributed by atoms with Gasteiger partial charge < -0.3 is 14.5 Å². The van der Waals surface area contributed by atoms with Gasteiger partial charge in [-0.3, -0.25) is 4.79 Å². The number of hydrogen-bond acceptors (Lipinski definition) is 5. The Kier molecular flexibility index (Phi) is 4.66. The maximum absolute atomic E-state index is 12.4. The number of ether oxygens (including phenoxy) is 1. The Balaban J connectivity index is 1.84. The highest BCUT2D eigenvalue weighted by atomic mass is 32.1. The van der Waals surface area contributed by atoms with Crippen LogP contribution in [0.4, 0.5) is 0 Å². The summed E-state index contributed by atoms with van der Waals surface area (Å²) in [6, 6.07) is 10.7. The number of thiophene rings is 1. The van der Waals surface area contributed by atoms with Crippen LogP contribution < -0.4 is 15.7 Å². The van der Waals surface area contributed by atoms with Gasteiger partial charge in [-0.05, 0) is 30.5 Å². The first-order chi connectivity index (χ1) is 11.6. The molecule has 0 aliphatic rings. The number of nitrogens with one attached hydrogen (secondary N) is 1. The van der Waals surface area contributed by atoms with E-state index in [4.69, 9.17) is 9.15 Å². The summed E-state index contributed by atoms with van der Waals surface area (Å²) in [6.45, 7) is 1.91. The van der Waals surface area contributed by atoms with E-state index in [0.29, 0.717) is 16.7 Å². The lowest BCUT2D eigenvalue weighted by molar-refractivity contribution is 0.0936. The summed E-state index contributed by atoms with van der Waals surface area (Å²) in [4.78, 5) is 25.7. The number of carbonyl (C=O) groups is 1. The minimum absolute atomic E-state index is 0.00576. The molecule has 1 atom stereocenters. The molecule has 0 aliphatic carbocycles. The molecular weight excluding hydrogens is 326 g/mol. The molecule has 0 spiro atoms. The minimum Gasteiger partial charge on any atom is -0.493 e. The van der Waals surface area contributed by atoms with Gasteiger partial charge in [0.15, 0.2) is 11.3 Å². The number of carbonyl (C=O) groups excluding carboxylic acids is 1. The summed E-state index contributed by atoms with van der Waals surface area (Å²) in [5, 5.41) is 5.48. The van der Waals surface area contributed by atoms with Gasteiger partial charge in [-0.15, -0.1) is 11.3 Å². The highest BCUT2D eigenvalue weighted by molar-refractivity contribution is 7.09. The molecule has 2 aromatic heterocycles. The Morgan fingerprint density at radius 3 is 2.88 bits per heavy atom. The molecule has 3 rings (SSSR count). The second-order valence-electron chi connectivity index (χ2n) is 5.48. The summed E-state index contributed by atoms with van der Waals surface area (Å²) in [7, 11) is 1.50. The van der Waals surface area contributed by atoms with Gasteiger partial charge in [-0.25, -0.2) is 4.79 Å². The molecule has 124 valence electrons. The molecule has 0 saturated heterocycles. The van der Waals surface area contributed by atoms with Crippen molar-refractivity contribution in [1.82, 2.24) is 5.32 Å². The van der Waals surface area contributed by atoms with Crippen molar-refractivity contribution in [2.45, 2.75) is 19.4 Å². The van der Waals surface area contributed by atoms with Crippen molar-refractivity contribution >= 4 is 28.2 Å². The van der Waals surface area contributed by atoms with Crippen LogP contribution in [0, 0.1) is 0 Å². The van der Waals surface area contributed by atoms with Gasteiger partial charge in [0, 0.05) is 22.7 Å². The van der Waals surface area contributed by atoms with Crippen LogP contribution in [0.5, 0.6) is 5.75 Å². The van der Waals surface area contributed by atoms with Crippen molar-refractivity contribution in [2.24, 2.45) is 0 Å². The van der Waals surface area contributed by atoms with E-state index < -0.39 is 11.5 Å². The van der Waals surface area contributed by atoms with Gasteiger partial charge in [-0.2, -0.15) is 0 Å². The fourth-order valence-corrected chi connectivity index (χ4v) is 3.36. The molecule has 1 unspecified atom stereocenters. The molecule has 0 bridgehead atoms. The molecular formula is C18H17NO4S. The monoisotopic (exact) mass is 343 g/mol. The third-order valence-electron chi connectivity index (χ3n) is 3.65. The number of amides is 1. The van der Waals surface area contributed by atoms with Crippen LogP contribution in [0.2, 0.25) is 0 Å². The molecule has 3 aromatic rings. The quantitative estimate of drug-likeness (QED) is 0.722. The Hall–Kier alpha value is -2.60. The number of fused-ring (bicyclic) bond motifs is 1. The van der Waals surface area contributed by atoms with E-state index in [1.165, 1.54) is 18.1 Å². The molecule has 1 N–H and O–H groups in total. The molecule has 5 nitrogen and oxygen atoms in total. The Bertz CT molecular complexity index is 914. The van der Waals surface area contributed by atoms with Crippen molar-refractivity contribution < 1.29 is 13.9 Å². The number of para-hydroxylation sites is 1. The molecule has 6 heteroatoms. The van der Waals surface area contributed by atoms with E-state index in [9.17, 15) is 9.59 Å². The highest BCUT2D eigenvalue weighted by Crippen LogP contribution is 2.24. The summed E-state index contributed by atoms with van der Waals surface area (Å²) < 4.78 is 10.5. The Labute approximate surface area is 142 Å². The third-order valence-corrected chi connectivity index (χ3v) is 4.55. The van der Waals surface area contributed by atoms with Crippen LogP contribution in [-0.4, -0.2) is 19.1 Å². The topological polar surface area (TPSA) is 68.5 Å². The van der Waals surface area contributed by atoms with Crippen LogP contribution >= 0.6 is 11.3 Å². The zero-order valence-electron chi connectivity index (χ0n) is 13.4. The summed E-state index contributed by atoms with van der Waals surface area (Å²) in [6.07, 6.45) is 0.718. The summed E-state index contributed by atoms with van der Waals surface area (Å²) >= 11 is 1.64. The fraction of sp³-hybridized carbons (Fsp3) is 0.222. The van der Waals surface area contributed by atoms with Crippen LogP contribution in [0.3, 0.4) is 0 Å². The van der Waals surface area contributed by atoms with E-state index in [1.807, 2.05) is 24.4 Å². The molecule has 24 heavy (non-hydrogen) atoms. The first-order valence-corrected chi connectivity index (χ1v) is 8.40. The molecule has 0 fully saturated rings. The van der Waals surface area contributed by atoms with Crippen LogP contribution in [0.15, 0.2) is 51.0 Å². The molecule has 0 radical (unpaired) electrons. The average Bonchev–Trinajstić information content (AvgIpc) is 3.06. The molecule has 0 saturated carbocycles. The maximum atomic E-state index is 12.4. The Morgan fingerprint density at radius 1 is 1.33 bits per heavy atom. The van der Waals surface area contributed by atoms with Crippen LogP contribution in [0.1, 0.15) is 22.2 Å².